The van der Waals surface area contributed by atoms with Crippen molar-refractivity contribution >= 4 is 0 Å². The van der Waals surface area contributed by atoms with Crippen LogP contribution in [0.4, 0.5) is 110 Å². The van der Waals surface area contributed by atoms with Crippen molar-refractivity contribution in [3.8, 4) is 0 Å². The second kappa shape index (κ2) is 8.74. The summed E-state index contributed by atoms with van der Waals surface area (Å²) < 4.78 is 326. The number of hydrogen-bond acceptors (Lipinski definition) is 0. The number of hydrogen-bond donors (Lipinski definition) is 0. The maximum atomic E-state index is 13.5. The normalized spacial score (nSPS) is 16.9. The number of alkyl halides is 25. The number of allylic oxidation sites excluding steroid dienone is 1. The molecule has 0 aromatic heterocycles. The van der Waals surface area contributed by atoms with Crippen LogP contribution in [0.15, 0.2) is 12.7 Å². The second-order valence-electron chi connectivity index (χ2n) is 7.07. The predicted molar refractivity (Wildman–Crippen MR) is 70.7 cm³/mol. The van der Waals surface area contributed by atoms with Gasteiger partial charge < -0.3 is 0 Å². The van der Waals surface area contributed by atoms with Crippen LogP contribution in [0.25, 0.3) is 0 Å². The van der Waals surface area contributed by atoms with Crippen LogP contribution in [0.1, 0.15) is 0 Å². The van der Waals surface area contributed by atoms with E-state index in [1.807, 2.05) is 0 Å². The van der Waals surface area contributed by atoms with Gasteiger partial charge in [-0.3, -0.25) is 0 Å². The van der Waals surface area contributed by atoms with Crippen molar-refractivity contribution in [2.24, 2.45) is 0 Å². The summed E-state index contributed by atoms with van der Waals surface area (Å²) in [5, 5.41) is 0. The summed E-state index contributed by atoms with van der Waals surface area (Å²) in [5.41, 5.74) is 0. The molecule has 0 atom stereocenters. The molecule has 0 unspecified atom stereocenters. The Balaban J connectivity index is 7.33. The van der Waals surface area contributed by atoms with Gasteiger partial charge in [0.2, 0.25) is 0 Å². The van der Waals surface area contributed by atoms with E-state index in [9.17, 15) is 110 Å². The molecule has 0 aliphatic heterocycles. The molecule has 234 valence electrons. The third-order valence-electron chi connectivity index (χ3n) is 4.58. The van der Waals surface area contributed by atoms with E-state index in [0.29, 0.717) is 0 Å². The standard InChI is InChI=1S/C14H3F25/c1-2-3(15,16)4(17,18)5(19,20)6(21,22)7(23,24)8(25,26)9(27,28)10(29,30)11(31,32)12(33,34)13(35,36)14(37,38)39/h2H,1H2. The van der Waals surface area contributed by atoms with Gasteiger partial charge >= 0.3 is 71.3 Å². The van der Waals surface area contributed by atoms with Crippen molar-refractivity contribution in [3.63, 3.8) is 0 Å². The van der Waals surface area contributed by atoms with Crippen LogP contribution in [0.3, 0.4) is 0 Å². The van der Waals surface area contributed by atoms with E-state index in [2.05, 4.69) is 0 Å². The van der Waals surface area contributed by atoms with Crippen LogP contribution < -0.4 is 0 Å². The maximum absolute atomic E-state index is 13.5. The first-order valence-corrected chi connectivity index (χ1v) is 8.17. The van der Waals surface area contributed by atoms with Crippen molar-refractivity contribution in [1.29, 1.82) is 0 Å². The Kier molecular flexibility index (Phi) is 8.29. The summed E-state index contributed by atoms with van der Waals surface area (Å²) >= 11 is 0. The molecule has 0 aromatic carbocycles. The molecule has 0 saturated carbocycles. The highest BCUT2D eigenvalue weighted by molar-refractivity contribution is 5.20. The zero-order chi connectivity index (χ0) is 32.7. The fourth-order valence-electron chi connectivity index (χ4n) is 2.09. The van der Waals surface area contributed by atoms with Gasteiger partial charge in [-0.25, -0.2) is 0 Å². The second-order valence-corrected chi connectivity index (χ2v) is 7.07. The Morgan fingerprint density at radius 3 is 0.564 bits per heavy atom. The predicted octanol–water partition coefficient (Wildman–Crippen LogP) is 8.72. The fourth-order valence-corrected chi connectivity index (χ4v) is 2.09. The number of rotatable bonds is 11. The smallest absolute Gasteiger partial charge is 0.195 e. The van der Waals surface area contributed by atoms with Crippen LogP contribution in [0, 0.1) is 0 Å². The first-order valence-electron chi connectivity index (χ1n) is 8.17. The molecule has 0 radical (unpaired) electrons. The molecular weight excluding hydrogens is 643 g/mol. The van der Waals surface area contributed by atoms with E-state index in [1.54, 1.807) is 6.58 Å². The summed E-state index contributed by atoms with van der Waals surface area (Å²) in [6.45, 7) is 1.60. The van der Waals surface area contributed by atoms with E-state index in [-0.39, 0.29) is 0 Å². The molecule has 0 N–H and O–H groups in total. The van der Waals surface area contributed by atoms with E-state index in [0.717, 1.165) is 0 Å². The Morgan fingerprint density at radius 2 is 0.410 bits per heavy atom. The first kappa shape index (κ1) is 37.0. The van der Waals surface area contributed by atoms with Crippen LogP contribution in [0.5, 0.6) is 0 Å². The summed E-state index contributed by atoms with van der Waals surface area (Å²) in [6.07, 6.45) is -9.92. The van der Waals surface area contributed by atoms with Crippen molar-refractivity contribution < 1.29 is 110 Å². The van der Waals surface area contributed by atoms with Crippen LogP contribution in [-0.2, 0) is 0 Å². The average molecular weight is 646 g/mol. The topological polar surface area (TPSA) is 0 Å². The summed E-state index contributed by atoms with van der Waals surface area (Å²) in [5.74, 6) is -98.1. The zero-order valence-electron chi connectivity index (χ0n) is 16.7. The molecule has 0 heterocycles. The van der Waals surface area contributed by atoms with Gasteiger partial charge in [-0.05, 0) is 6.08 Å². The Morgan fingerprint density at radius 1 is 0.256 bits per heavy atom. The summed E-state index contributed by atoms with van der Waals surface area (Å²) in [7, 11) is 0. The lowest BCUT2D eigenvalue weighted by molar-refractivity contribution is -0.481. The van der Waals surface area contributed by atoms with Gasteiger partial charge in [0.1, 0.15) is 0 Å². The third-order valence-corrected chi connectivity index (χ3v) is 4.58. The number of halogens is 25. The Hall–Kier alpha value is -2.01. The van der Waals surface area contributed by atoms with Gasteiger partial charge in [-0.2, -0.15) is 110 Å². The molecule has 0 bridgehead atoms. The SMILES string of the molecule is C=CC(F)(F)C(F)(F)C(F)(F)C(F)(F)C(F)(F)C(F)(F)C(F)(F)C(F)(F)C(F)(F)C(F)(F)C(F)(F)C(F)(F)F. The molecule has 0 fully saturated rings. The molecule has 0 aromatic rings. The average Bonchev–Trinajstić information content (AvgIpc) is 2.71. The largest absolute Gasteiger partial charge is 0.460 e. The van der Waals surface area contributed by atoms with E-state index in [4.69, 9.17) is 0 Å². The highest BCUT2D eigenvalue weighted by Gasteiger charge is 2.99. The van der Waals surface area contributed by atoms with Crippen LogP contribution >= 0.6 is 0 Å². The summed E-state index contributed by atoms with van der Waals surface area (Å²) in [6, 6.07) is 0. The van der Waals surface area contributed by atoms with Crippen molar-refractivity contribution in [2.45, 2.75) is 71.3 Å². The Bertz CT molecular complexity index is 916. The third kappa shape index (κ3) is 4.16. The minimum absolute atomic E-state index is 1.60. The maximum Gasteiger partial charge on any atom is 0.460 e. The van der Waals surface area contributed by atoms with Gasteiger partial charge in [-0.1, -0.05) is 6.58 Å². The molecule has 0 amide bonds. The Labute approximate surface area is 195 Å². The molecule has 39 heavy (non-hydrogen) atoms. The van der Waals surface area contributed by atoms with Gasteiger partial charge in [0.25, 0.3) is 0 Å². The van der Waals surface area contributed by atoms with Crippen molar-refractivity contribution in [1.82, 2.24) is 0 Å². The van der Waals surface area contributed by atoms with Crippen LogP contribution in [-0.4, -0.2) is 71.3 Å². The zero-order valence-corrected chi connectivity index (χ0v) is 16.7. The van der Waals surface area contributed by atoms with E-state index in [1.165, 1.54) is 0 Å². The highest BCUT2D eigenvalue weighted by atomic mass is 19.4. The molecule has 0 spiro atoms. The van der Waals surface area contributed by atoms with Gasteiger partial charge in [-0.15, -0.1) is 0 Å². The lowest BCUT2D eigenvalue weighted by atomic mass is 9.84. The lowest BCUT2D eigenvalue weighted by Crippen LogP contribution is -2.78. The minimum Gasteiger partial charge on any atom is -0.195 e. The molecule has 0 nitrogen and oxygen atoms in total. The van der Waals surface area contributed by atoms with Gasteiger partial charge in [0, 0.05) is 0 Å². The molecule has 0 saturated heterocycles. The fraction of sp³-hybridized carbons (Fsp3) is 0.857. The minimum atomic E-state index is -9.58. The van der Waals surface area contributed by atoms with Crippen molar-refractivity contribution in [2.75, 3.05) is 0 Å². The van der Waals surface area contributed by atoms with Crippen LogP contribution in [0.2, 0.25) is 0 Å². The monoisotopic (exact) mass is 646 g/mol. The molecule has 0 rings (SSSR count). The molecule has 0 aliphatic carbocycles. The molecule has 25 heteroatoms. The molecule has 0 aliphatic rings. The summed E-state index contributed by atoms with van der Waals surface area (Å²) in [4.78, 5) is 0. The molecular formula is C14H3F25. The van der Waals surface area contributed by atoms with Crippen molar-refractivity contribution in [3.05, 3.63) is 12.7 Å². The van der Waals surface area contributed by atoms with Gasteiger partial charge in [0.05, 0.1) is 0 Å². The quantitative estimate of drug-likeness (QED) is 0.156. The highest BCUT2D eigenvalue weighted by Crippen LogP contribution is 2.67. The van der Waals surface area contributed by atoms with E-state index < -0.39 is 77.4 Å². The lowest BCUT2D eigenvalue weighted by Gasteiger charge is -2.45. The van der Waals surface area contributed by atoms with Gasteiger partial charge in [0.15, 0.2) is 0 Å². The first-order chi connectivity index (χ1) is 16.3. The van der Waals surface area contributed by atoms with E-state index >= 15 is 0 Å².